The summed E-state index contributed by atoms with van der Waals surface area (Å²) in [4.78, 5) is 0. The second-order valence-electron chi connectivity index (χ2n) is 3.72. The van der Waals surface area contributed by atoms with E-state index in [1.807, 2.05) is 0 Å². The average molecular weight is 203 g/mol. The highest BCUT2D eigenvalue weighted by Gasteiger charge is 1.91. The Bertz CT molecular complexity index is 104. The molecule has 0 amide bonds. The normalized spacial score (nSPS) is 10.8. The SMILES string of the molecule is CCCCCCCCCCC[PH]=O. The summed E-state index contributed by atoms with van der Waals surface area (Å²) < 4.78 is 10.2. The molecule has 1 atom stereocenters. The van der Waals surface area contributed by atoms with E-state index in [1.165, 1.54) is 51.4 Å². The summed E-state index contributed by atoms with van der Waals surface area (Å²) >= 11 is 0. The van der Waals surface area contributed by atoms with Gasteiger partial charge in [0.15, 0.2) is 0 Å². The lowest BCUT2D eigenvalue weighted by molar-refractivity contribution is 0.569. The largest absolute Gasteiger partial charge is 0.291 e. The molecule has 0 bridgehead atoms. The van der Waals surface area contributed by atoms with Crippen LogP contribution >= 0.6 is 8.46 Å². The van der Waals surface area contributed by atoms with Gasteiger partial charge in [0.1, 0.15) is 0 Å². The molecule has 0 saturated heterocycles. The highest BCUT2D eigenvalue weighted by molar-refractivity contribution is 7.23. The Labute approximate surface area is 84.5 Å². The van der Waals surface area contributed by atoms with Crippen molar-refractivity contribution >= 4 is 8.46 Å². The van der Waals surface area contributed by atoms with Crippen molar-refractivity contribution in [3.05, 3.63) is 0 Å². The van der Waals surface area contributed by atoms with E-state index in [0.717, 1.165) is 12.6 Å². The molecule has 0 fully saturated rings. The van der Waals surface area contributed by atoms with Crippen molar-refractivity contribution in [1.29, 1.82) is 0 Å². The third-order valence-corrected chi connectivity index (χ3v) is 2.94. The fourth-order valence-electron chi connectivity index (χ4n) is 1.51. The summed E-state index contributed by atoms with van der Waals surface area (Å²) in [6.07, 6.45) is 13.1. The molecule has 0 heterocycles. The van der Waals surface area contributed by atoms with Crippen molar-refractivity contribution in [1.82, 2.24) is 0 Å². The Kier molecular flexibility index (Phi) is 12.2. The Hall–Kier alpha value is 0.100. The molecule has 0 aliphatic carbocycles. The molecular formula is C11H24OP. The Morgan fingerprint density at radius 1 is 0.769 bits per heavy atom. The molecule has 1 unspecified atom stereocenters. The smallest absolute Gasteiger partial charge is 0.0581 e. The molecule has 0 N–H and O–H groups in total. The molecule has 0 spiro atoms. The molecule has 0 rings (SSSR count). The van der Waals surface area contributed by atoms with E-state index < -0.39 is 0 Å². The number of hydrogen-bond donors (Lipinski definition) is 0. The van der Waals surface area contributed by atoms with Gasteiger partial charge in [-0.25, -0.2) is 0 Å². The van der Waals surface area contributed by atoms with Crippen molar-refractivity contribution < 1.29 is 4.57 Å². The van der Waals surface area contributed by atoms with Gasteiger partial charge in [-0.05, 0) is 6.42 Å². The van der Waals surface area contributed by atoms with E-state index in [-0.39, 0.29) is 8.46 Å². The van der Waals surface area contributed by atoms with Crippen molar-refractivity contribution in [2.24, 2.45) is 0 Å². The molecule has 2 heteroatoms. The summed E-state index contributed by atoms with van der Waals surface area (Å²) in [5.41, 5.74) is 0. The van der Waals surface area contributed by atoms with Gasteiger partial charge in [0.25, 0.3) is 0 Å². The summed E-state index contributed by atoms with van der Waals surface area (Å²) in [6.45, 7) is 2.25. The van der Waals surface area contributed by atoms with Crippen LogP contribution in [0.1, 0.15) is 64.7 Å². The van der Waals surface area contributed by atoms with Crippen LogP contribution in [0.4, 0.5) is 0 Å². The van der Waals surface area contributed by atoms with E-state index in [1.54, 1.807) is 0 Å². The molecule has 0 saturated carbocycles. The molecule has 0 aliphatic heterocycles. The van der Waals surface area contributed by atoms with Crippen LogP contribution < -0.4 is 0 Å². The second-order valence-corrected chi connectivity index (χ2v) is 4.51. The number of rotatable bonds is 10. The molecule has 0 aromatic rings. The lowest BCUT2D eigenvalue weighted by Gasteiger charge is -1.99. The standard InChI is InChI=1S/C11H24OP/c1-2-3-4-5-6-7-8-9-10-11-13-12/h13H,2-11H2,1H3. The van der Waals surface area contributed by atoms with Crippen LogP contribution in [-0.4, -0.2) is 6.16 Å². The first-order chi connectivity index (χ1) is 6.41. The molecule has 79 valence electrons. The summed E-state index contributed by atoms with van der Waals surface area (Å²) in [5.74, 6) is 0. The third kappa shape index (κ3) is 12.1. The van der Waals surface area contributed by atoms with Gasteiger partial charge in [-0.2, -0.15) is 0 Å². The topological polar surface area (TPSA) is 17.1 Å². The molecule has 13 heavy (non-hydrogen) atoms. The van der Waals surface area contributed by atoms with Crippen LogP contribution in [-0.2, 0) is 4.57 Å². The zero-order chi connectivity index (χ0) is 9.78. The first-order valence-corrected chi connectivity index (χ1v) is 6.88. The number of hydrogen-bond acceptors (Lipinski definition) is 1. The van der Waals surface area contributed by atoms with Gasteiger partial charge in [0.2, 0.25) is 0 Å². The number of unbranched alkanes of at least 4 members (excludes halogenated alkanes) is 8. The lowest BCUT2D eigenvalue weighted by atomic mass is 10.1. The van der Waals surface area contributed by atoms with Gasteiger partial charge in [-0.1, -0.05) is 58.3 Å². The highest BCUT2D eigenvalue weighted by Crippen LogP contribution is 2.10. The predicted octanol–water partition coefficient (Wildman–Crippen LogP) is 4.54. The first kappa shape index (κ1) is 13.1. The van der Waals surface area contributed by atoms with Crippen LogP contribution in [0.25, 0.3) is 0 Å². The van der Waals surface area contributed by atoms with E-state index in [0.29, 0.717) is 0 Å². The van der Waals surface area contributed by atoms with Crippen molar-refractivity contribution in [2.75, 3.05) is 6.16 Å². The Morgan fingerprint density at radius 2 is 1.23 bits per heavy atom. The van der Waals surface area contributed by atoms with E-state index >= 15 is 0 Å². The molecule has 0 aliphatic rings. The van der Waals surface area contributed by atoms with Crippen molar-refractivity contribution in [3.63, 3.8) is 0 Å². The van der Waals surface area contributed by atoms with Gasteiger partial charge in [-0.3, -0.25) is 4.57 Å². The van der Waals surface area contributed by atoms with Crippen LogP contribution in [0.2, 0.25) is 0 Å². The van der Waals surface area contributed by atoms with Gasteiger partial charge < -0.3 is 0 Å². The van der Waals surface area contributed by atoms with Crippen molar-refractivity contribution in [3.8, 4) is 0 Å². The minimum atomic E-state index is -0.0801. The fourth-order valence-corrected chi connectivity index (χ4v) is 1.90. The lowest BCUT2D eigenvalue weighted by Crippen LogP contribution is -1.81. The minimum absolute atomic E-state index is 0.0801. The second kappa shape index (κ2) is 12.1. The summed E-state index contributed by atoms with van der Waals surface area (Å²) in [7, 11) is -0.0801. The van der Waals surface area contributed by atoms with Crippen LogP contribution in [0, 0.1) is 0 Å². The van der Waals surface area contributed by atoms with Gasteiger partial charge in [-0.15, -0.1) is 0 Å². The van der Waals surface area contributed by atoms with E-state index in [9.17, 15) is 4.57 Å². The maximum absolute atomic E-state index is 10.2. The van der Waals surface area contributed by atoms with E-state index in [4.69, 9.17) is 0 Å². The monoisotopic (exact) mass is 203 g/mol. The quantitative estimate of drug-likeness (QED) is 0.376. The molecular weight excluding hydrogens is 179 g/mol. The van der Waals surface area contributed by atoms with Crippen molar-refractivity contribution in [2.45, 2.75) is 64.7 Å². The summed E-state index contributed by atoms with van der Waals surface area (Å²) in [5, 5.41) is 0. The molecule has 0 aromatic carbocycles. The van der Waals surface area contributed by atoms with Gasteiger partial charge in [0, 0.05) is 6.16 Å². The zero-order valence-electron chi connectivity index (χ0n) is 8.98. The fraction of sp³-hybridized carbons (Fsp3) is 1.00. The average Bonchev–Trinajstić information content (AvgIpc) is 2.16. The maximum Gasteiger partial charge on any atom is 0.0581 e. The Balaban J connectivity index is 2.79. The predicted molar refractivity (Wildman–Crippen MR) is 61.1 cm³/mol. The minimum Gasteiger partial charge on any atom is -0.291 e. The van der Waals surface area contributed by atoms with E-state index in [2.05, 4.69) is 6.92 Å². The molecule has 1 nitrogen and oxygen atoms in total. The van der Waals surface area contributed by atoms with Crippen LogP contribution in [0.15, 0.2) is 0 Å². The van der Waals surface area contributed by atoms with Crippen LogP contribution in [0.3, 0.4) is 0 Å². The Morgan fingerprint density at radius 3 is 1.69 bits per heavy atom. The summed E-state index contributed by atoms with van der Waals surface area (Å²) in [6, 6.07) is 0. The first-order valence-electron chi connectivity index (χ1n) is 5.76. The molecule has 0 aromatic heterocycles. The van der Waals surface area contributed by atoms with Crippen LogP contribution in [0.5, 0.6) is 0 Å². The van der Waals surface area contributed by atoms with Gasteiger partial charge in [0.05, 0.1) is 8.46 Å². The van der Waals surface area contributed by atoms with Gasteiger partial charge >= 0.3 is 0 Å². The highest BCUT2D eigenvalue weighted by atomic mass is 31.1. The zero-order valence-corrected chi connectivity index (χ0v) is 9.98. The molecule has 1 radical (unpaired) electrons. The third-order valence-electron chi connectivity index (χ3n) is 2.38. The maximum atomic E-state index is 10.2.